The second-order valence-electron chi connectivity index (χ2n) is 5.06. The Morgan fingerprint density at radius 3 is 3.00 bits per heavy atom. The fourth-order valence-corrected chi connectivity index (χ4v) is 2.81. The molecule has 3 rings (SSSR count). The topological polar surface area (TPSA) is 42.2 Å². The number of pyridine rings is 1. The molecule has 3 nitrogen and oxygen atoms in total. The normalized spacial score (nSPS) is 14.3. The first-order valence-electron chi connectivity index (χ1n) is 6.80. The van der Waals surface area contributed by atoms with E-state index < -0.39 is 0 Å². The molecule has 0 radical (unpaired) electrons. The van der Waals surface area contributed by atoms with Gasteiger partial charge in [0.25, 0.3) is 0 Å². The third-order valence-corrected chi connectivity index (χ3v) is 3.70. The maximum absolute atomic E-state index is 5.81. The van der Waals surface area contributed by atoms with E-state index in [2.05, 4.69) is 41.1 Å². The van der Waals surface area contributed by atoms with Gasteiger partial charge in [-0.1, -0.05) is 17.7 Å². The van der Waals surface area contributed by atoms with Crippen molar-refractivity contribution in [3.05, 3.63) is 53.3 Å². The molecule has 0 saturated carbocycles. The Morgan fingerprint density at radius 1 is 1.26 bits per heavy atom. The molecule has 0 bridgehead atoms. The van der Waals surface area contributed by atoms with Crippen molar-refractivity contribution in [3.63, 3.8) is 0 Å². The number of nitrogens with zero attached hydrogens (tertiary/aromatic N) is 2. The van der Waals surface area contributed by atoms with E-state index in [0.717, 1.165) is 24.3 Å². The van der Waals surface area contributed by atoms with Crippen molar-refractivity contribution in [2.45, 2.75) is 26.3 Å². The molecule has 1 aromatic carbocycles. The molecule has 0 spiro atoms. The van der Waals surface area contributed by atoms with Crippen molar-refractivity contribution in [1.82, 2.24) is 4.98 Å². The predicted molar refractivity (Wildman–Crippen MR) is 78.6 cm³/mol. The first-order valence-corrected chi connectivity index (χ1v) is 6.80. The Balaban J connectivity index is 2.08. The van der Waals surface area contributed by atoms with Gasteiger partial charge in [-0.15, -0.1) is 0 Å². The van der Waals surface area contributed by atoms with Gasteiger partial charge < -0.3 is 10.6 Å². The van der Waals surface area contributed by atoms with E-state index in [1.807, 2.05) is 12.3 Å². The van der Waals surface area contributed by atoms with Gasteiger partial charge >= 0.3 is 0 Å². The number of nitrogens with two attached hydrogens (primary N) is 1. The van der Waals surface area contributed by atoms with E-state index in [0.29, 0.717) is 6.54 Å². The predicted octanol–water partition coefficient (Wildman–Crippen LogP) is 2.93. The molecule has 0 fully saturated rings. The maximum Gasteiger partial charge on any atom is 0.0775 e. The Bertz CT molecular complexity index is 592. The van der Waals surface area contributed by atoms with Gasteiger partial charge in [-0.25, -0.2) is 0 Å². The molecule has 2 N–H and O–H groups in total. The fourth-order valence-electron chi connectivity index (χ4n) is 2.81. The zero-order valence-electron chi connectivity index (χ0n) is 11.3. The molecule has 2 heterocycles. The quantitative estimate of drug-likeness (QED) is 0.894. The number of hydrogen-bond donors (Lipinski definition) is 1. The highest BCUT2D eigenvalue weighted by Gasteiger charge is 2.20. The van der Waals surface area contributed by atoms with Crippen LogP contribution >= 0.6 is 0 Å². The highest BCUT2D eigenvalue weighted by molar-refractivity contribution is 5.69. The lowest BCUT2D eigenvalue weighted by molar-refractivity contribution is 0.759. The number of fused-ring (bicyclic) bond motifs is 1. The summed E-state index contributed by atoms with van der Waals surface area (Å²) in [6.07, 6.45) is 4.15. The summed E-state index contributed by atoms with van der Waals surface area (Å²) < 4.78 is 0. The highest BCUT2D eigenvalue weighted by Crippen LogP contribution is 2.34. The van der Waals surface area contributed by atoms with Gasteiger partial charge in [0.15, 0.2) is 0 Å². The van der Waals surface area contributed by atoms with Crippen LogP contribution in [0.1, 0.15) is 23.2 Å². The largest absolute Gasteiger partial charge is 0.340 e. The zero-order valence-corrected chi connectivity index (χ0v) is 11.3. The Kier molecular flexibility index (Phi) is 3.22. The van der Waals surface area contributed by atoms with Gasteiger partial charge in [0.1, 0.15) is 0 Å². The summed E-state index contributed by atoms with van der Waals surface area (Å²) in [5.74, 6) is 0. The standard InChI is InChI=1S/C16H19N3/c1-12-6-7-15-13(10-12)4-3-9-19(15)16-5-2-8-18-14(16)11-17/h2,5-8,10H,3-4,9,11,17H2,1H3. The highest BCUT2D eigenvalue weighted by atomic mass is 15.2. The summed E-state index contributed by atoms with van der Waals surface area (Å²) >= 11 is 0. The summed E-state index contributed by atoms with van der Waals surface area (Å²) in [5.41, 5.74) is 12.0. The summed E-state index contributed by atoms with van der Waals surface area (Å²) in [6, 6.07) is 10.8. The molecule has 19 heavy (non-hydrogen) atoms. The van der Waals surface area contributed by atoms with E-state index in [9.17, 15) is 0 Å². The summed E-state index contributed by atoms with van der Waals surface area (Å²) in [4.78, 5) is 6.75. The van der Waals surface area contributed by atoms with E-state index in [1.165, 1.54) is 23.2 Å². The summed E-state index contributed by atoms with van der Waals surface area (Å²) in [6.45, 7) is 3.66. The average molecular weight is 253 g/mol. The lowest BCUT2D eigenvalue weighted by Crippen LogP contribution is -2.26. The number of benzene rings is 1. The number of rotatable bonds is 2. The van der Waals surface area contributed by atoms with Crippen LogP contribution in [0.25, 0.3) is 0 Å². The van der Waals surface area contributed by atoms with Crippen molar-refractivity contribution in [3.8, 4) is 0 Å². The van der Waals surface area contributed by atoms with E-state index in [4.69, 9.17) is 5.73 Å². The van der Waals surface area contributed by atoms with Crippen molar-refractivity contribution >= 4 is 11.4 Å². The van der Waals surface area contributed by atoms with Crippen molar-refractivity contribution in [2.24, 2.45) is 5.73 Å². The minimum Gasteiger partial charge on any atom is -0.340 e. The van der Waals surface area contributed by atoms with Crippen LogP contribution in [0.3, 0.4) is 0 Å². The SMILES string of the molecule is Cc1ccc2c(c1)CCCN2c1cccnc1CN. The number of anilines is 2. The van der Waals surface area contributed by atoms with E-state index in [1.54, 1.807) is 0 Å². The Hall–Kier alpha value is -1.87. The van der Waals surface area contributed by atoms with Crippen LogP contribution in [0, 0.1) is 6.92 Å². The molecule has 0 aliphatic carbocycles. The van der Waals surface area contributed by atoms with Gasteiger partial charge in [-0.3, -0.25) is 4.98 Å². The number of hydrogen-bond acceptors (Lipinski definition) is 3. The first-order chi connectivity index (χ1) is 9.29. The molecule has 0 atom stereocenters. The van der Waals surface area contributed by atoms with Crippen molar-refractivity contribution < 1.29 is 0 Å². The molecule has 1 aliphatic rings. The molecule has 0 unspecified atom stereocenters. The van der Waals surface area contributed by atoms with E-state index >= 15 is 0 Å². The molecule has 3 heteroatoms. The Morgan fingerprint density at radius 2 is 2.16 bits per heavy atom. The summed E-state index contributed by atoms with van der Waals surface area (Å²) in [7, 11) is 0. The zero-order chi connectivity index (χ0) is 13.2. The average Bonchev–Trinajstić information content (AvgIpc) is 2.46. The first kappa shape index (κ1) is 12.2. The van der Waals surface area contributed by atoms with Gasteiger partial charge in [0, 0.05) is 25.0 Å². The Labute approximate surface area is 114 Å². The van der Waals surface area contributed by atoms with Crippen LogP contribution in [-0.2, 0) is 13.0 Å². The van der Waals surface area contributed by atoms with Crippen LogP contribution in [0.2, 0.25) is 0 Å². The third kappa shape index (κ3) is 2.22. The van der Waals surface area contributed by atoms with Gasteiger partial charge in [-0.05, 0) is 43.5 Å². The summed E-state index contributed by atoms with van der Waals surface area (Å²) in [5, 5.41) is 0. The molecule has 0 amide bonds. The second kappa shape index (κ2) is 5.02. The van der Waals surface area contributed by atoms with Gasteiger partial charge in [0.2, 0.25) is 0 Å². The van der Waals surface area contributed by atoms with Crippen molar-refractivity contribution in [2.75, 3.05) is 11.4 Å². The van der Waals surface area contributed by atoms with Crippen LogP contribution in [0.15, 0.2) is 36.5 Å². The van der Waals surface area contributed by atoms with Crippen LogP contribution in [0.5, 0.6) is 0 Å². The van der Waals surface area contributed by atoms with Gasteiger partial charge in [0.05, 0.1) is 11.4 Å². The molecule has 1 aliphatic heterocycles. The molecular formula is C16H19N3. The minimum absolute atomic E-state index is 0.480. The van der Waals surface area contributed by atoms with Crippen LogP contribution in [0.4, 0.5) is 11.4 Å². The fraction of sp³-hybridized carbons (Fsp3) is 0.312. The van der Waals surface area contributed by atoms with Crippen molar-refractivity contribution in [1.29, 1.82) is 0 Å². The second-order valence-corrected chi connectivity index (χ2v) is 5.06. The maximum atomic E-state index is 5.81. The molecular weight excluding hydrogens is 234 g/mol. The molecule has 0 saturated heterocycles. The molecule has 98 valence electrons. The number of aromatic nitrogens is 1. The monoisotopic (exact) mass is 253 g/mol. The minimum atomic E-state index is 0.480. The molecule has 1 aromatic heterocycles. The lowest BCUT2D eigenvalue weighted by Gasteiger charge is -2.32. The smallest absolute Gasteiger partial charge is 0.0775 e. The lowest BCUT2D eigenvalue weighted by atomic mass is 9.99. The van der Waals surface area contributed by atoms with E-state index in [-0.39, 0.29) is 0 Å². The van der Waals surface area contributed by atoms with Crippen LogP contribution in [-0.4, -0.2) is 11.5 Å². The number of aryl methyl sites for hydroxylation is 2. The van der Waals surface area contributed by atoms with Crippen LogP contribution < -0.4 is 10.6 Å². The molecule has 2 aromatic rings. The van der Waals surface area contributed by atoms with Gasteiger partial charge in [-0.2, -0.15) is 0 Å². The third-order valence-electron chi connectivity index (χ3n) is 3.70.